The van der Waals surface area contributed by atoms with E-state index in [-0.39, 0.29) is 17.1 Å². The van der Waals surface area contributed by atoms with Crippen LogP contribution in [0.2, 0.25) is 0 Å². The van der Waals surface area contributed by atoms with E-state index < -0.39 is 0 Å². The Hall–Kier alpha value is -3.13. The van der Waals surface area contributed by atoms with Crippen LogP contribution < -0.4 is 10.6 Å². The first-order valence-corrected chi connectivity index (χ1v) is 8.86. The molecule has 4 rings (SSSR count). The Kier molecular flexibility index (Phi) is 4.18. The van der Waals surface area contributed by atoms with Crippen LogP contribution in [-0.4, -0.2) is 31.8 Å². The smallest absolute Gasteiger partial charge is 0.255 e. The van der Waals surface area contributed by atoms with E-state index in [9.17, 15) is 9.59 Å². The highest BCUT2D eigenvalue weighted by Crippen LogP contribution is 2.36. The lowest BCUT2D eigenvalue weighted by Crippen LogP contribution is -2.26. The zero-order valence-corrected chi connectivity index (χ0v) is 14.7. The molecule has 1 aliphatic heterocycles. The summed E-state index contributed by atoms with van der Waals surface area (Å²) in [5.74, 6) is -0.289. The van der Waals surface area contributed by atoms with Crippen molar-refractivity contribution in [3.05, 3.63) is 60.7 Å². The summed E-state index contributed by atoms with van der Waals surface area (Å²) in [6.07, 6.45) is 3.07. The Morgan fingerprint density at radius 2 is 2.04 bits per heavy atom. The fraction of sp³-hybridized carbons (Fsp3) is 0.111. The number of nitrogens with zero attached hydrogens (tertiary/aromatic N) is 3. The third kappa shape index (κ3) is 3.18. The summed E-state index contributed by atoms with van der Waals surface area (Å²) in [7, 11) is 0. The van der Waals surface area contributed by atoms with Gasteiger partial charge in [0.1, 0.15) is 12.7 Å². The van der Waals surface area contributed by atoms with Crippen LogP contribution in [0.3, 0.4) is 0 Å². The van der Waals surface area contributed by atoms with Gasteiger partial charge in [0.2, 0.25) is 5.91 Å². The molecular formula is C18H15N5O2S. The zero-order chi connectivity index (χ0) is 18.1. The van der Waals surface area contributed by atoms with Crippen molar-refractivity contribution < 1.29 is 9.59 Å². The lowest BCUT2D eigenvalue weighted by atomic mass is 10.1. The fourth-order valence-electron chi connectivity index (χ4n) is 2.59. The van der Waals surface area contributed by atoms with Crippen LogP contribution in [0.4, 0.5) is 11.4 Å². The lowest BCUT2D eigenvalue weighted by Gasteiger charge is -2.21. The molecule has 2 heterocycles. The molecule has 1 unspecified atom stereocenters. The van der Waals surface area contributed by atoms with Gasteiger partial charge in [-0.1, -0.05) is 0 Å². The molecule has 0 aliphatic carbocycles. The number of anilines is 2. The maximum Gasteiger partial charge on any atom is 0.255 e. The van der Waals surface area contributed by atoms with Gasteiger partial charge in [-0.05, 0) is 49.4 Å². The van der Waals surface area contributed by atoms with E-state index in [4.69, 9.17) is 0 Å². The third-order valence-electron chi connectivity index (χ3n) is 3.98. The minimum absolute atomic E-state index is 0.0521. The number of thioether (sulfide) groups is 1. The molecule has 0 bridgehead atoms. The third-order valence-corrected chi connectivity index (χ3v) is 5.16. The molecule has 0 spiro atoms. The molecule has 8 heteroatoms. The standard InChI is InChI=1S/C18H15N5O2S/c1-11-17(24)22-15-8-12(2-7-16(15)26-11)18(25)21-13-3-5-14(6-4-13)23-10-19-9-20-23/h2-11H,1H3,(H,21,25)(H,22,24). The van der Waals surface area contributed by atoms with Crippen molar-refractivity contribution in [1.82, 2.24) is 14.8 Å². The highest BCUT2D eigenvalue weighted by atomic mass is 32.2. The number of fused-ring (bicyclic) bond motifs is 1. The Balaban J connectivity index is 1.50. The summed E-state index contributed by atoms with van der Waals surface area (Å²) in [6.45, 7) is 1.85. The molecule has 0 radical (unpaired) electrons. The summed E-state index contributed by atoms with van der Waals surface area (Å²) in [6, 6.07) is 12.6. The first kappa shape index (κ1) is 16.3. The second-order valence-corrected chi connectivity index (χ2v) is 7.18. The van der Waals surface area contributed by atoms with Crippen LogP contribution >= 0.6 is 11.8 Å². The number of amides is 2. The van der Waals surface area contributed by atoms with Gasteiger partial charge in [-0.15, -0.1) is 11.8 Å². The van der Waals surface area contributed by atoms with E-state index in [1.165, 1.54) is 18.1 Å². The van der Waals surface area contributed by atoms with E-state index in [1.54, 1.807) is 35.3 Å². The summed E-state index contributed by atoms with van der Waals surface area (Å²) in [5.41, 5.74) is 2.68. The van der Waals surface area contributed by atoms with Crippen molar-refractivity contribution in [3.63, 3.8) is 0 Å². The van der Waals surface area contributed by atoms with E-state index >= 15 is 0 Å². The molecule has 2 aromatic carbocycles. The van der Waals surface area contributed by atoms with E-state index in [0.29, 0.717) is 16.9 Å². The van der Waals surface area contributed by atoms with Gasteiger partial charge in [0.15, 0.2) is 0 Å². The molecule has 2 amide bonds. The Labute approximate surface area is 153 Å². The second kappa shape index (κ2) is 6.64. The van der Waals surface area contributed by atoms with Crippen LogP contribution in [0, 0.1) is 0 Å². The quantitative estimate of drug-likeness (QED) is 0.745. The van der Waals surface area contributed by atoms with Gasteiger partial charge in [-0.3, -0.25) is 9.59 Å². The Morgan fingerprint density at radius 3 is 2.77 bits per heavy atom. The van der Waals surface area contributed by atoms with E-state index in [1.807, 2.05) is 25.1 Å². The maximum absolute atomic E-state index is 12.5. The minimum atomic E-state index is -0.237. The molecule has 7 nitrogen and oxygen atoms in total. The molecule has 1 aliphatic rings. The van der Waals surface area contributed by atoms with E-state index in [2.05, 4.69) is 20.7 Å². The lowest BCUT2D eigenvalue weighted by molar-refractivity contribution is -0.115. The molecule has 1 aromatic heterocycles. The van der Waals surface area contributed by atoms with Crippen molar-refractivity contribution in [3.8, 4) is 5.69 Å². The molecule has 2 N–H and O–H groups in total. The normalized spacial score (nSPS) is 15.9. The van der Waals surface area contributed by atoms with Crippen molar-refractivity contribution >= 4 is 35.0 Å². The highest BCUT2D eigenvalue weighted by Gasteiger charge is 2.23. The number of carbonyl (C=O) groups excluding carboxylic acids is 2. The first-order valence-electron chi connectivity index (χ1n) is 7.98. The molecule has 26 heavy (non-hydrogen) atoms. The van der Waals surface area contributed by atoms with Gasteiger partial charge in [-0.2, -0.15) is 5.10 Å². The van der Waals surface area contributed by atoms with Crippen molar-refractivity contribution in [2.45, 2.75) is 17.1 Å². The molecule has 3 aromatic rings. The Bertz CT molecular complexity index is 970. The van der Waals surface area contributed by atoms with Crippen molar-refractivity contribution in [1.29, 1.82) is 0 Å². The number of carbonyl (C=O) groups is 2. The van der Waals surface area contributed by atoms with E-state index in [0.717, 1.165) is 10.6 Å². The van der Waals surface area contributed by atoms with Crippen LogP contribution in [0.25, 0.3) is 5.69 Å². The van der Waals surface area contributed by atoms with Crippen LogP contribution in [0.5, 0.6) is 0 Å². The SMILES string of the molecule is CC1Sc2ccc(C(=O)Nc3ccc(-n4cncn4)cc3)cc2NC1=O. The maximum atomic E-state index is 12.5. The van der Waals surface area contributed by atoms with Gasteiger partial charge in [0.05, 0.1) is 16.6 Å². The summed E-state index contributed by atoms with van der Waals surface area (Å²) in [5, 5.41) is 9.62. The van der Waals surface area contributed by atoms with Crippen LogP contribution in [0.1, 0.15) is 17.3 Å². The van der Waals surface area contributed by atoms with Gasteiger partial charge in [-0.25, -0.2) is 9.67 Å². The predicted octanol–water partition coefficient (Wildman–Crippen LogP) is 2.95. The highest BCUT2D eigenvalue weighted by molar-refractivity contribution is 8.00. The van der Waals surface area contributed by atoms with Crippen molar-refractivity contribution in [2.24, 2.45) is 0 Å². The molecule has 130 valence electrons. The van der Waals surface area contributed by atoms with Gasteiger partial charge < -0.3 is 10.6 Å². The van der Waals surface area contributed by atoms with Gasteiger partial charge in [0, 0.05) is 16.1 Å². The van der Waals surface area contributed by atoms with Crippen molar-refractivity contribution in [2.75, 3.05) is 10.6 Å². The molecule has 1 atom stereocenters. The fourth-order valence-corrected chi connectivity index (χ4v) is 3.52. The number of hydrogen-bond donors (Lipinski definition) is 2. The predicted molar refractivity (Wildman–Crippen MR) is 99.7 cm³/mol. The second-order valence-electron chi connectivity index (χ2n) is 5.80. The average Bonchev–Trinajstić information content (AvgIpc) is 3.17. The number of hydrogen-bond acceptors (Lipinski definition) is 5. The zero-order valence-electron chi connectivity index (χ0n) is 13.8. The van der Waals surface area contributed by atoms with Crippen LogP contribution in [0.15, 0.2) is 60.0 Å². The van der Waals surface area contributed by atoms with Crippen LogP contribution in [-0.2, 0) is 4.79 Å². The number of benzene rings is 2. The number of nitrogens with one attached hydrogen (secondary N) is 2. The molecule has 0 fully saturated rings. The number of rotatable bonds is 3. The first-order chi connectivity index (χ1) is 12.6. The molecule has 0 saturated carbocycles. The topological polar surface area (TPSA) is 88.9 Å². The summed E-state index contributed by atoms with van der Waals surface area (Å²) < 4.78 is 1.64. The minimum Gasteiger partial charge on any atom is -0.324 e. The Morgan fingerprint density at radius 1 is 1.23 bits per heavy atom. The summed E-state index contributed by atoms with van der Waals surface area (Å²) in [4.78, 5) is 29.2. The van der Waals surface area contributed by atoms with Gasteiger partial charge in [0.25, 0.3) is 5.91 Å². The van der Waals surface area contributed by atoms with Gasteiger partial charge >= 0.3 is 0 Å². The summed E-state index contributed by atoms with van der Waals surface area (Å²) >= 11 is 1.49. The monoisotopic (exact) mass is 365 g/mol. The average molecular weight is 365 g/mol. The molecular weight excluding hydrogens is 350 g/mol. The number of aromatic nitrogens is 3. The largest absolute Gasteiger partial charge is 0.324 e. The molecule has 0 saturated heterocycles.